The van der Waals surface area contributed by atoms with Gasteiger partial charge >= 0.3 is 0 Å². The van der Waals surface area contributed by atoms with Gasteiger partial charge in [-0.2, -0.15) is 11.8 Å². The van der Waals surface area contributed by atoms with Crippen LogP contribution in [0.4, 0.5) is 0 Å². The van der Waals surface area contributed by atoms with Crippen molar-refractivity contribution in [1.82, 2.24) is 10.2 Å². The predicted octanol–water partition coefficient (Wildman–Crippen LogP) is 1.82. The number of rotatable bonds is 3. The molecule has 0 aromatic rings. The molecule has 1 N–H and O–H groups in total. The molecule has 0 aromatic carbocycles. The third-order valence-corrected chi connectivity index (χ3v) is 4.92. The molecule has 0 aliphatic carbocycles. The molecule has 88 valence electrons. The fourth-order valence-electron chi connectivity index (χ4n) is 2.81. The molecule has 2 rings (SSSR count). The Bertz CT molecular complexity index is 184. The van der Waals surface area contributed by atoms with Crippen molar-refractivity contribution in [3.63, 3.8) is 0 Å². The highest BCUT2D eigenvalue weighted by molar-refractivity contribution is 7.99. The maximum atomic E-state index is 3.58. The molecular formula is C12H24N2S. The molecule has 3 heteroatoms. The lowest BCUT2D eigenvalue weighted by molar-refractivity contribution is 0.119. The summed E-state index contributed by atoms with van der Waals surface area (Å²) in [7, 11) is 0. The Kier molecular flexibility index (Phi) is 4.35. The van der Waals surface area contributed by atoms with Crippen molar-refractivity contribution in [2.75, 3.05) is 44.2 Å². The molecule has 2 fully saturated rings. The van der Waals surface area contributed by atoms with Gasteiger partial charge in [-0.3, -0.25) is 0 Å². The quantitative estimate of drug-likeness (QED) is 0.793. The van der Waals surface area contributed by atoms with E-state index < -0.39 is 0 Å². The molecule has 1 unspecified atom stereocenters. The number of hydrogen-bond donors (Lipinski definition) is 1. The largest absolute Gasteiger partial charge is 0.316 e. The zero-order chi connectivity index (χ0) is 10.6. The maximum Gasteiger partial charge on any atom is 0.00729 e. The average Bonchev–Trinajstić information content (AvgIpc) is 2.32. The molecule has 0 saturated carbocycles. The van der Waals surface area contributed by atoms with Crippen molar-refractivity contribution in [2.45, 2.75) is 26.2 Å². The zero-order valence-corrected chi connectivity index (χ0v) is 10.7. The third-order valence-electron chi connectivity index (χ3n) is 3.97. The zero-order valence-electron chi connectivity index (χ0n) is 9.93. The number of nitrogens with zero attached hydrogens (tertiary/aromatic N) is 1. The summed E-state index contributed by atoms with van der Waals surface area (Å²) in [6.07, 6.45) is 4.14. The van der Waals surface area contributed by atoms with E-state index in [0.717, 1.165) is 0 Å². The van der Waals surface area contributed by atoms with Crippen molar-refractivity contribution in [3.05, 3.63) is 0 Å². The van der Waals surface area contributed by atoms with Crippen molar-refractivity contribution in [2.24, 2.45) is 5.41 Å². The minimum Gasteiger partial charge on any atom is -0.316 e. The summed E-state index contributed by atoms with van der Waals surface area (Å²) in [5.41, 5.74) is 0.584. The average molecular weight is 228 g/mol. The SMILES string of the molecule is CCC1(CN2CCSCC2)CCCNC1. The number of piperidine rings is 1. The Balaban J connectivity index is 1.87. The molecule has 0 spiro atoms. The highest BCUT2D eigenvalue weighted by Gasteiger charge is 2.32. The van der Waals surface area contributed by atoms with E-state index in [1.165, 1.54) is 63.5 Å². The van der Waals surface area contributed by atoms with Gasteiger partial charge in [0, 0.05) is 37.7 Å². The molecule has 2 saturated heterocycles. The van der Waals surface area contributed by atoms with Gasteiger partial charge in [-0.05, 0) is 31.2 Å². The van der Waals surface area contributed by atoms with Crippen LogP contribution in [-0.4, -0.2) is 49.1 Å². The lowest BCUT2D eigenvalue weighted by Gasteiger charge is -2.42. The van der Waals surface area contributed by atoms with E-state index in [1.807, 2.05) is 0 Å². The normalized spacial score (nSPS) is 34.2. The lowest BCUT2D eigenvalue weighted by atomic mass is 9.78. The van der Waals surface area contributed by atoms with Crippen LogP contribution in [0.1, 0.15) is 26.2 Å². The molecular weight excluding hydrogens is 204 g/mol. The van der Waals surface area contributed by atoms with Crippen molar-refractivity contribution >= 4 is 11.8 Å². The van der Waals surface area contributed by atoms with E-state index in [0.29, 0.717) is 5.41 Å². The van der Waals surface area contributed by atoms with E-state index in [9.17, 15) is 0 Å². The van der Waals surface area contributed by atoms with Crippen LogP contribution in [0.5, 0.6) is 0 Å². The molecule has 2 heterocycles. The van der Waals surface area contributed by atoms with Crippen LogP contribution < -0.4 is 5.32 Å². The second-order valence-corrected chi connectivity index (χ2v) is 6.25. The highest BCUT2D eigenvalue weighted by atomic mass is 32.2. The minimum atomic E-state index is 0.584. The molecule has 0 aromatic heterocycles. The second-order valence-electron chi connectivity index (χ2n) is 5.02. The molecule has 0 radical (unpaired) electrons. The summed E-state index contributed by atoms with van der Waals surface area (Å²) in [4.78, 5) is 2.69. The van der Waals surface area contributed by atoms with Crippen LogP contribution in [0.25, 0.3) is 0 Å². The molecule has 2 aliphatic rings. The Morgan fingerprint density at radius 3 is 2.73 bits per heavy atom. The Morgan fingerprint density at radius 1 is 1.33 bits per heavy atom. The monoisotopic (exact) mass is 228 g/mol. The topological polar surface area (TPSA) is 15.3 Å². The van der Waals surface area contributed by atoms with E-state index in [4.69, 9.17) is 0 Å². The molecule has 15 heavy (non-hydrogen) atoms. The van der Waals surface area contributed by atoms with Gasteiger partial charge in [-0.25, -0.2) is 0 Å². The molecule has 2 nitrogen and oxygen atoms in total. The van der Waals surface area contributed by atoms with Gasteiger partial charge in [-0.1, -0.05) is 6.92 Å². The Morgan fingerprint density at radius 2 is 2.13 bits per heavy atom. The molecule has 2 aliphatic heterocycles. The van der Waals surface area contributed by atoms with Gasteiger partial charge in [0.2, 0.25) is 0 Å². The summed E-state index contributed by atoms with van der Waals surface area (Å²) in [5.74, 6) is 2.68. The van der Waals surface area contributed by atoms with Gasteiger partial charge < -0.3 is 10.2 Å². The van der Waals surface area contributed by atoms with E-state index in [-0.39, 0.29) is 0 Å². The molecule has 1 atom stereocenters. The lowest BCUT2D eigenvalue weighted by Crippen LogP contribution is -2.49. The Hall–Kier alpha value is 0.270. The minimum absolute atomic E-state index is 0.584. The maximum absolute atomic E-state index is 3.58. The van der Waals surface area contributed by atoms with Gasteiger partial charge in [-0.15, -0.1) is 0 Å². The summed E-state index contributed by atoms with van der Waals surface area (Å²) < 4.78 is 0. The fourth-order valence-corrected chi connectivity index (χ4v) is 3.79. The van der Waals surface area contributed by atoms with Crippen LogP contribution in [0.3, 0.4) is 0 Å². The Labute approximate surface area is 98.2 Å². The van der Waals surface area contributed by atoms with Crippen LogP contribution in [0, 0.1) is 5.41 Å². The van der Waals surface area contributed by atoms with Gasteiger partial charge in [0.15, 0.2) is 0 Å². The van der Waals surface area contributed by atoms with Gasteiger partial charge in [0.05, 0.1) is 0 Å². The van der Waals surface area contributed by atoms with E-state index >= 15 is 0 Å². The first-order valence-electron chi connectivity index (χ1n) is 6.35. The summed E-state index contributed by atoms with van der Waals surface area (Å²) in [6, 6.07) is 0. The fraction of sp³-hybridized carbons (Fsp3) is 1.00. The van der Waals surface area contributed by atoms with Crippen LogP contribution in [0.2, 0.25) is 0 Å². The summed E-state index contributed by atoms with van der Waals surface area (Å²) in [6.45, 7) is 8.80. The van der Waals surface area contributed by atoms with Crippen molar-refractivity contribution in [1.29, 1.82) is 0 Å². The predicted molar refractivity (Wildman–Crippen MR) is 68.6 cm³/mol. The first kappa shape index (κ1) is 11.7. The number of thioether (sulfide) groups is 1. The van der Waals surface area contributed by atoms with Crippen LogP contribution in [0.15, 0.2) is 0 Å². The second kappa shape index (κ2) is 5.55. The standard InChI is InChI=1S/C12H24N2S/c1-2-12(4-3-5-13-10-12)11-14-6-8-15-9-7-14/h13H,2-11H2,1H3. The van der Waals surface area contributed by atoms with Gasteiger partial charge in [0.1, 0.15) is 0 Å². The van der Waals surface area contributed by atoms with E-state index in [1.54, 1.807) is 0 Å². The first-order valence-corrected chi connectivity index (χ1v) is 7.51. The van der Waals surface area contributed by atoms with E-state index in [2.05, 4.69) is 28.9 Å². The number of nitrogens with one attached hydrogen (secondary N) is 1. The number of hydrogen-bond acceptors (Lipinski definition) is 3. The van der Waals surface area contributed by atoms with Gasteiger partial charge in [0.25, 0.3) is 0 Å². The van der Waals surface area contributed by atoms with Crippen molar-refractivity contribution < 1.29 is 0 Å². The summed E-state index contributed by atoms with van der Waals surface area (Å²) >= 11 is 2.11. The molecule has 0 amide bonds. The third kappa shape index (κ3) is 3.11. The molecule has 0 bridgehead atoms. The van der Waals surface area contributed by atoms with Crippen molar-refractivity contribution in [3.8, 4) is 0 Å². The highest BCUT2D eigenvalue weighted by Crippen LogP contribution is 2.31. The summed E-state index contributed by atoms with van der Waals surface area (Å²) in [5, 5.41) is 3.58. The smallest absolute Gasteiger partial charge is 0.00729 e. The first-order chi connectivity index (χ1) is 7.35. The van der Waals surface area contributed by atoms with Crippen LogP contribution in [-0.2, 0) is 0 Å². The van der Waals surface area contributed by atoms with Crippen LogP contribution >= 0.6 is 11.8 Å².